The first-order chi connectivity index (χ1) is 10.2. The number of anilines is 1. The molecule has 1 aliphatic heterocycles. The Balaban J connectivity index is 1.86. The summed E-state index contributed by atoms with van der Waals surface area (Å²) < 4.78 is 10.8. The second kappa shape index (κ2) is 5.44. The summed E-state index contributed by atoms with van der Waals surface area (Å²) in [6.07, 6.45) is 0. The summed E-state index contributed by atoms with van der Waals surface area (Å²) in [5.74, 6) is 1.46. The maximum Gasteiger partial charge on any atom is 0.491 e. The van der Waals surface area contributed by atoms with Crippen LogP contribution in [0.25, 0.3) is 0 Å². The molecule has 0 aliphatic carbocycles. The highest BCUT2D eigenvalue weighted by Crippen LogP contribution is 2.24. The van der Waals surface area contributed by atoms with E-state index in [2.05, 4.69) is 16.4 Å². The lowest BCUT2D eigenvalue weighted by atomic mass is 9.80. The molecule has 1 aromatic carbocycles. The van der Waals surface area contributed by atoms with Crippen LogP contribution in [-0.4, -0.2) is 24.2 Å². The normalized spacial score (nSPS) is 12.7. The SMILES string of the molecule is CNc1nc(Oc2ccc3c(c2)COB3O)ccc1C#N. The van der Waals surface area contributed by atoms with Gasteiger partial charge in [0.15, 0.2) is 0 Å². The van der Waals surface area contributed by atoms with Crippen LogP contribution in [0, 0.1) is 11.3 Å². The number of hydrogen-bond acceptors (Lipinski definition) is 6. The quantitative estimate of drug-likeness (QED) is 0.816. The van der Waals surface area contributed by atoms with Crippen LogP contribution in [0.2, 0.25) is 0 Å². The topological polar surface area (TPSA) is 87.4 Å². The van der Waals surface area contributed by atoms with Gasteiger partial charge >= 0.3 is 7.12 Å². The highest BCUT2D eigenvalue weighted by molar-refractivity contribution is 6.61. The van der Waals surface area contributed by atoms with Crippen molar-refractivity contribution in [3.8, 4) is 17.7 Å². The number of nitrogens with one attached hydrogen (secondary N) is 1. The molecule has 1 aromatic heterocycles. The molecule has 0 bridgehead atoms. The number of nitrogens with zero attached hydrogens (tertiary/aromatic N) is 2. The van der Waals surface area contributed by atoms with Gasteiger partial charge in [0.2, 0.25) is 5.88 Å². The predicted octanol–water partition coefficient (Wildman–Crippen LogP) is 1.00. The van der Waals surface area contributed by atoms with Crippen LogP contribution in [0.1, 0.15) is 11.1 Å². The molecule has 3 rings (SSSR count). The molecule has 7 heteroatoms. The Morgan fingerprint density at radius 2 is 2.29 bits per heavy atom. The van der Waals surface area contributed by atoms with Gasteiger partial charge in [-0.15, -0.1) is 0 Å². The second-order valence-corrected chi connectivity index (χ2v) is 4.53. The standard InChI is InChI=1S/C14H12BN3O3/c1-17-14-9(7-16)2-5-13(18-14)21-11-3-4-12-10(6-11)8-20-15(12)19/h2-6,19H,8H2,1H3,(H,17,18). The van der Waals surface area contributed by atoms with Crippen LogP contribution >= 0.6 is 0 Å². The Bertz CT molecular complexity index is 730. The van der Waals surface area contributed by atoms with Gasteiger partial charge in [-0.1, -0.05) is 6.07 Å². The summed E-state index contributed by atoms with van der Waals surface area (Å²) in [6.45, 7) is 0.357. The molecule has 0 radical (unpaired) electrons. The fourth-order valence-corrected chi connectivity index (χ4v) is 2.17. The lowest BCUT2D eigenvalue weighted by Crippen LogP contribution is -2.27. The van der Waals surface area contributed by atoms with E-state index in [-0.39, 0.29) is 0 Å². The molecule has 21 heavy (non-hydrogen) atoms. The Hall–Kier alpha value is -2.56. The molecule has 0 spiro atoms. The van der Waals surface area contributed by atoms with E-state index in [1.165, 1.54) is 0 Å². The molecule has 2 aromatic rings. The maximum atomic E-state index is 9.57. The second-order valence-electron chi connectivity index (χ2n) is 4.53. The van der Waals surface area contributed by atoms with Crippen LogP contribution in [-0.2, 0) is 11.3 Å². The molecule has 6 nitrogen and oxygen atoms in total. The molecular weight excluding hydrogens is 269 g/mol. The summed E-state index contributed by atoms with van der Waals surface area (Å²) in [5.41, 5.74) is 2.10. The number of pyridine rings is 1. The van der Waals surface area contributed by atoms with Crippen molar-refractivity contribution in [2.45, 2.75) is 6.61 Å². The van der Waals surface area contributed by atoms with Gasteiger partial charge in [-0.2, -0.15) is 10.2 Å². The lowest BCUT2D eigenvalue weighted by molar-refractivity contribution is 0.275. The summed E-state index contributed by atoms with van der Waals surface area (Å²) in [4.78, 5) is 4.23. The number of nitriles is 1. The minimum atomic E-state index is -0.863. The fraction of sp³-hybridized carbons (Fsp3) is 0.143. The number of rotatable bonds is 3. The third kappa shape index (κ3) is 2.54. The number of ether oxygens (including phenoxy) is 1. The molecule has 0 amide bonds. The monoisotopic (exact) mass is 281 g/mol. The minimum Gasteiger partial charge on any atom is -0.439 e. The van der Waals surface area contributed by atoms with Crippen LogP contribution in [0.15, 0.2) is 30.3 Å². The number of benzene rings is 1. The van der Waals surface area contributed by atoms with Crippen molar-refractivity contribution < 1.29 is 14.4 Å². The third-order valence-electron chi connectivity index (χ3n) is 3.23. The fourth-order valence-electron chi connectivity index (χ4n) is 2.17. The van der Waals surface area contributed by atoms with Gasteiger partial charge in [-0.25, -0.2) is 0 Å². The number of aromatic nitrogens is 1. The van der Waals surface area contributed by atoms with Crippen molar-refractivity contribution in [2.75, 3.05) is 12.4 Å². The van der Waals surface area contributed by atoms with Crippen molar-refractivity contribution in [3.05, 3.63) is 41.5 Å². The smallest absolute Gasteiger partial charge is 0.439 e. The predicted molar refractivity (Wildman–Crippen MR) is 77.4 cm³/mol. The molecule has 2 heterocycles. The molecule has 0 fully saturated rings. The van der Waals surface area contributed by atoms with Gasteiger partial charge in [-0.05, 0) is 29.2 Å². The van der Waals surface area contributed by atoms with Gasteiger partial charge in [0.25, 0.3) is 0 Å². The Kier molecular flexibility index (Phi) is 3.48. The number of fused-ring (bicyclic) bond motifs is 1. The average Bonchev–Trinajstić information content (AvgIpc) is 2.88. The molecule has 0 atom stereocenters. The zero-order valence-corrected chi connectivity index (χ0v) is 11.3. The maximum absolute atomic E-state index is 9.57. The molecule has 0 unspecified atom stereocenters. The Labute approximate surface area is 122 Å². The van der Waals surface area contributed by atoms with E-state index in [1.54, 1.807) is 31.3 Å². The van der Waals surface area contributed by atoms with Crippen molar-refractivity contribution in [1.29, 1.82) is 5.26 Å². The summed E-state index contributed by atoms with van der Waals surface area (Å²) in [6, 6.07) is 10.7. The lowest BCUT2D eigenvalue weighted by Gasteiger charge is -2.08. The van der Waals surface area contributed by atoms with E-state index in [9.17, 15) is 5.02 Å². The molecule has 0 saturated heterocycles. The van der Waals surface area contributed by atoms with Crippen LogP contribution < -0.4 is 15.5 Å². The molecular formula is C14H12BN3O3. The first kappa shape index (κ1) is 13.4. The van der Waals surface area contributed by atoms with Crippen molar-refractivity contribution in [1.82, 2.24) is 4.98 Å². The van der Waals surface area contributed by atoms with Crippen molar-refractivity contribution in [2.24, 2.45) is 0 Å². The van der Waals surface area contributed by atoms with Gasteiger partial charge in [0.1, 0.15) is 17.6 Å². The van der Waals surface area contributed by atoms with Gasteiger partial charge in [0, 0.05) is 13.1 Å². The van der Waals surface area contributed by atoms with Crippen molar-refractivity contribution in [3.63, 3.8) is 0 Å². The highest BCUT2D eigenvalue weighted by Gasteiger charge is 2.27. The van der Waals surface area contributed by atoms with E-state index >= 15 is 0 Å². The van der Waals surface area contributed by atoms with Crippen LogP contribution in [0.4, 0.5) is 5.82 Å². The first-order valence-electron chi connectivity index (χ1n) is 6.40. The largest absolute Gasteiger partial charge is 0.491 e. The van der Waals surface area contributed by atoms with E-state index in [0.29, 0.717) is 29.6 Å². The van der Waals surface area contributed by atoms with Gasteiger partial charge < -0.3 is 19.7 Å². The Morgan fingerprint density at radius 3 is 3.05 bits per heavy atom. The molecule has 0 saturated carbocycles. The minimum absolute atomic E-state index is 0.357. The zero-order chi connectivity index (χ0) is 14.8. The van der Waals surface area contributed by atoms with Crippen LogP contribution in [0.3, 0.4) is 0 Å². The van der Waals surface area contributed by atoms with E-state index in [1.807, 2.05) is 6.07 Å². The van der Waals surface area contributed by atoms with Gasteiger partial charge in [0.05, 0.1) is 12.2 Å². The van der Waals surface area contributed by atoms with E-state index in [4.69, 9.17) is 14.7 Å². The van der Waals surface area contributed by atoms with Crippen LogP contribution in [0.5, 0.6) is 11.6 Å². The van der Waals surface area contributed by atoms with E-state index in [0.717, 1.165) is 11.0 Å². The van der Waals surface area contributed by atoms with Gasteiger partial charge in [-0.3, -0.25) is 0 Å². The molecule has 1 aliphatic rings. The first-order valence-corrected chi connectivity index (χ1v) is 6.40. The van der Waals surface area contributed by atoms with Crippen molar-refractivity contribution >= 4 is 18.4 Å². The molecule has 104 valence electrons. The zero-order valence-electron chi connectivity index (χ0n) is 11.3. The molecule has 2 N–H and O–H groups in total. The Morgan fingerprint density at radius 1 is 1.43 bits per heavy atom. The number of hydrogen-bond donors (Lipinski definition) is 2. The third-order valence-corrected chi connectivity index (χ3v) is 3.23. The summed E-state index contributed by atoms with van der Waals surface area (Å²) in [7, 11) is 0.833. The summed E-state index contributed by atoms with van der Waals surface area (Å²) >= 11 is 0. The summed E-state index contributed by atoms with van der Waals surface area (Å²) in [5, 5.41) is 21.4. The van der Waals surface area contributed by atoms with E-state index < -0.39 is 7.12 Å². The average molecular weight is 281 g/mol. The highest BCUT2D eigenvalue weighted by atomic mass is 16.5.